The van der Waals surface area contributed by atoms with Crippen molar-refractivity contribution in [1.82, 2.24) is 10.3 Å². The summed E-state index contributed by atoms with van der Waals surface area (Å²) in [4.78, 5) is 31.6. The van der Waals surface area contributed by atoms with Crippen molar-refractivity contribution in [3.05, 3.63) is 35.3 Å². The van der Waals surface area contributed by atoms with E-state index in [-0.39, 0.29) is 23.4 Å². The van der Waals surface area contributed by atoms with Crippen LogP contribution in [-0.2, 0) is 11.2 Å². The number of Topliss-reactive ketones (excluding diaryl/α,β-unsaturated/α-hetero) is 1. The smallest absolute Gasteiger partial charge is 0.223 e. The fourth-order valence-corrected chi connectivity index (χ4v) is 4.73. The van der Waals surface area contributed by atoms with Gasteiger partial charge in [-0.1, -0.05) is 20.3 Å². The van der Waals surface area contributed by atoms with Crippen molar-refractivity contribution >= 4 is 28.3 Å². The minimum absolute atomic E-state index is 0.00820. The molecule has 1 aromatic heterocycles. The monoisotopic (exact) mass is 439 g/mol. The van der Waals surface area contributed by atoms with Gasteiger partial charge >= 0.3 is 0 Å². The molecule has 32 heavy (non-hydrogen) atoms. The third kappa shape index (κ3) is 4.94. The van der Waals surface area contributed by atoms with Crippen molar-refractivity contribution in [3.63, 3.8) is 0 Å². The number of piperidine rings is 1. The highest BCUT2D eigenvalue weighted by atomic mass is 19.1. The number of ketones is 1. The second-order valence-corrected chi connectivity index (χ2v) is 9.30. The minimum atomic E-state index is -0.296. The van der Waals surface area contributed by atoms with Gasteiger partial charge in [0.15, 0.2) is 5.78 Å². The topological polar surface area (TPSA) is 62.3 Å². The van der Waals surface area contributed by atoms with Gasteiger partial charge in [0.2, 0.25) is 5.91 Å². The van der Waals surface area contributed by atoms with Crippen LogP contribution in [0.15, 0.2) is 18.3 Å². The molecule has 2 heterocycles. The summed E-state index contributed by atoms with van der Waals surface area (Å²) in [5.74, 6) is 0.487. The quantitative estimate of drug-likeness (QED) is 0.439. The van der Waals surface area contributed by atoms with Crippen molar-refractivity contribution in [3.8, 4) is 0 Å². The van der Waals surface area contributed by atoms with Gasteiger partial charge in [-0.25, -0.2) is 4.39 Å². The fourth-order valence-electron chi connectivity index (χ4n) is 4.73. The number of halogens is 1. The van der Waals surface area contributed by atoms with Crippen molar-refractivity contribution < 1.29 is 14.0 Å². The first-order valence-corrected chi connectivity index (χ1v) is 12.2. The summed E-state index contributed by atoms with van der Waals surface area (Å²) in [6.07, 6.45) is 8.68. The first-order valence-electron chi connectivity index (χ1n) is 12.2. The third-order valence-electron chi connectivity index (χ3n) is 6.91. The molecule has 0 unspecified atom stereocenters. The number of fused-ring (bicyclic) bond motifs is 1. The van der Waals surface area contributed by atoms with Crippen molar-refractivity contribution in [2.24, 2.45) is 11.8 Å². The highest BCUT2D eigenvalue weighted by Gasteiger charge is 2.28. The molecule has 5 nitrogen and oxygen atoms in total. The highest BCUT2D eigenvalue weighted by Crippen LogP contribution is 2.36. The SMILES string of the molecule is CCCCNC(=O)C1CCN(c2cc3c(CC)c(C(=O)CC4CC4)cnc3cc2F)CC1. The molecule has 2 aromatic rings. The lowest BCUT2D eigenvalue weighted by atomic mass is 9.94. The summed E-state index contributed by atoms with van der Waals surface area (Å²) in [7, 11) is 0. The van der Waals surface area contributed by atoms with Crippen LogP contribution in [0.3, 0.4) is 0 Å². The van der Waals surface area contributed by atoms with E-state index >= 15 is 4.39 Å². The van der Waals surface area contributed by atoms with E-state index in [9.17, 15) is 9.59 Å². The number of amides is 1. The first-order chi connectivity index (χ1) is 15.5. The summed E-state index contributed by atoms with van der Waals surface area (Å²) in [6, 6.07) is 3.36. The third-order valence-corrected chi connectivity index (χ3v) is 6.91. The molecule has 1 saturated heterocycles. The molecule has 4 rings (SSSR count). The minimum Gasteiger partial charge on any atom is -0.369 e. The molecular weight excluding hydrogens is 405 g/mol. The normalized spacial score (nSPS) is 17.0. The Morgan fingerprint density at radius 1 is 1.16 bits per heavy atom. The molecule has 1 amide bonds. The molecule has 1 N–H and O–H groups in total. The average molecular weight is 440 g/mol. The summed E-state index contributed by atoms with van der Waals surface area (Å²) in [6.45, 7) is 6.15. The van der Waals surface area contributed by atoms with Gasteiger partial charge in [-0.2, -0.15) is 0 Å². The van der Waals surface area contributed by atoms with Crippen LogP contribution in [0.5, 0.6) is 0 Å². The fraction of sp³-hybridized carbons (Fsp3) is 0.577. The van der Waals surface area contributed by atoms with Crippen LogP contribution in [0.25, 0.3) is 10.9 Å². The number of hydrogen-bond donors (Lipinski definition) is 1. The zero-order valence-corrected chi connectivity index (χ0v) is 19.3. The zero-order chi connectivity index (χ0) is 22.7. The molecule has 0 radical (unpaired) electrons. The Morgan fingerprint density at radius 3 is 2.56 bits per heavy atom. The van der Waals surface area contributed by atoms with E-state index in [1.54, 1.807) is 6.20 Å². The Morgan fingerprint density at radius 2 is 1.91 bits per heavy atom. The lowest BCUT2D eigenvalue weighted by Crippen LogP contribution is -2.41. The van der Waals surface area contributed by atoms with E-state index in [2.05, 4.69) is 17.2 Å². The predicted molar refractivity (Wildman–Crippen MR) is 126 cm³/mol. The van der Waals surface area contributed by atoms with Crippen molar-refractivity contribution in [1.29, 1.82) is 0 Å². The molecule has 1 saturated carbocycles. The molecule has 1 aromatic carbocycles. The van der Waals surface area contributed by atoms with Crippen LogP contribution in [0.2, 0.25) is 0 Å². The van der Waals surface area contributed by atoms with Gasteiger partial charge in [-0.05, 0) is 56.1 Å². The highest BCUT2D eigenvalue weighted by molar-refractivity contribution is 6.02. The number of aromatic nitrogens is 1. The van der Waals surface area contributed by atoms with Gasteiger partial charge < -0.3 is 10.2 Å². The average Bonchev–Trinajstić information content (AvgIpc) is 3.62. The molecule has 2 aliphatic rings. The van der Waals surface area contributed by atoms with E-state index in [0.29, 0.717) is 61.5 Å². The van der Waals surface area contributed by atoms with Crippen LogP contribution in [0, 0.1) is 17.7 Å². The van der Waals surface area contributed by atoms with Gasteiger partial charge in [0, 0.05) is 55.2 Å². The Balaban J connectivity index is 1.53. The standard InChI is InChI=1S/C26H34FN3O2/c1-3-5-10-28-26(32)18-8-11-30(12-9-18)24-14-20-19(4-2)21(25(31)13-17-6-7-17)16-29-23(20)15-22(24)27/h14-18H,3-13H2,1-2H3,(H,28,32). The molecule has 0 atom stereocenters. The van der Waals surface area contributed by atoms with Gasteiger partial charge in [0.25, 0.3) is 0 Å². The maximum Gasteiger partial charge on any atom is 0.223 e. The van der Waals surface area contributed by atoms with Crippen molar-refractivity contribution in [2.45, 2.75) is 65.2 Å². The van der Waals surface area contributed by atoms with E-state index in [0.717, 1.165) is 43.2 Å². The second kappa shape index (κ2) is 9.97. The molecule has 0 bridgehead atoms. The van der Waals surface area contributed by atoms with E-state index in [1.807, 2.05) is 17.9 Å². The Bertz CT molecular complexity index is 994. The second-order valence-electron chi connectivity index (χ2n) is 9.30. The summed E-state index contributed by atoms with van der Waals surface area (Å²) in [5, 5.41) is 3.89. The number of hydrogen-bond acceptors (Lipinski definition) is 4. The maximum atomic E-state index is 15.0. The Kier molecular flexibility index (Phi) is 7.07. The van der Waals surface area contributed by atoms with Crippen molar-refractivity contribution in [2.75, 3.05) is 24.5 Å². The number of rotatable bonds is 9. The number of aryl methyl sites for hydroxylation is 1. The number of carbonyl (C=O) groups is 2. The van der Waals surface area contributed by atoms with Gasteiger partial charge in [0.1, 0.15) is 5.82 Å². The van der Waals surface area contributed by atoms with Crippen LogP contribution >= 0.6 is 0 Å². The van der Waals surface area contributed by atoms with E-state index in [4.69, 9.17) is 0 Å². The zero-order valence-electron chi connectivity index (χ0n) is 19.3. The molecule has 1 aliphatic heterocycles. The number of nitrogens with one attached hydrogen (secondary N) is 1. The lowest BCUT2D eigenvalue weighted by Gasteiger charge is -2.33. The molecule has 1 aliphatic carbocycles. The summed E-state index contributed by atoms with van der Waals surface area (Å²) < 4.78 is 15.0. The number of benzene rings is 1. The molecular formula is C26H34FN3O2. The molecule has 2 fully saturated rings. The molecule has 172 valence electrons. The summed E-state index contributed by atoms with van der Waals surface area (Å²) >= 11 is 0. The largest absolute Gasteiger partial charge is 0.369 e. The maximum absolute atomic E-state index is 15.0. The van der Waals surface area contributed by atoms with Gasteiger partial charge in [-0.15, -0.1) is 0 Å². The Hall–Kier alpha value is -2.50. The lowest BCUT2D eigenvalue weighted by molar-refractivity contribution is -0.125. The number of pyridine rings is 1. The molecule has 6 heteroatoms. The number of unbranched alkanes of at least 4 members (excludes halogenated alkanes) is 1. The van der Waals surface area contributed by atoms with Crippen LogP contribution < -0.4 is 10.2 Å². The van der Waals surface area contributed by atoms with Crippen LogP contribution in [-0.4, -0.2) is 36.3 Å². The van der Waals surface area contributed by atoms with E-state index < -0.39 is 0 Å². The Labute approximate surface area is 189 Å². The molecule has 0 spiro atoms. The van der Waals surface area contributed by atoms with E-state index in [1.165, 1.54) is 6.07 Å². The van der Waals surface area contributed by atoms with Crippen LogP contribution in [0.1, 0.15) is 74.7 Å². The number of carbonyl (C=O) groups excluding carboxylic acids is 2. The van der Waals surface area contributed by atoms with Crippen LogP contribution in [0.4, 0.5) is 10.1 Å². The van der Waals surface area contributed by atoms with Gasteiger partial charge in [0.05, 0.1) is 11.2 Å². The number of anilines is 1. The first kappa shape index (κ1) is 22.7. The number of nitrogens with zero attached hydrogens (tertiary/aromatic N) is 2. The van der Waals surface area contributed by atoms with Gasteiger partial charge in [-0.3, -0.25) is 14.6 Å². The predicted octanol–water partition coefficient (Wildman–Crippen LogP) is 5.05. The summed E-state index contributed by atoms with van der Waals surface area (Å²) in [5.41, 5.74) is 2.79.